The van der Waals surface area contributed by atoms with Gasteiger partial charge in [-0.2, -0.15) is 0 Å². The Morgan fingerprint density at radius 1 is 0.842 bits per heavy atom. The Labute approximate surface area is 227 Å². The van der Waals surface area contributed by atoms with Crippen LogP contribution in [0.4, 0.5) is 16.4 Å². The number of carbonyl (C=O) groups excluding carboxylic acids is 1. The average molecular weight is 515 g/mol. The second-order valence-electron chi connectivity index (χ2n) is 10.5. The van der Waals surface area contributed by atoms with Crippen molar-refractivity contribution in [3.8, 4) is 0 Å². The van der Waals surface area contributed by atoms with Crippen LogP contribution in [0.1, 0.15) is 85.4 Å². The molecule has 0 radical (unpaired) electrons. The van der Waals surface area contributed by atoms with Crippen LogP contribution in [0.5, 0.6) is 0 Å². The summed E-state index contributed by atoms with van der Waals surface area (Å²) in [4.78, 5) is 20.1. The largest absolute Gasteiger partial charge is 0.450 e. The third-order valence-electron chi connectivity index (χ3n) is 7.36. The molecular weight excluding hydrogens is 472 g/mol. The summed E-state index contributed by atoms with van der Waals surface area (Å²) in [5.74, 6) is 2.19. The highest BCUT2D eigenvalue weighted by molar-refractivity contribution is 6.00. The summed E-state index contributed by atoms with van der Waals surface area (Å²) in [6, 6.07) is 6.15. The van der Waals surface area contributed by atoms with Gasteiger partial charge in [0, 0.05) is 23.2 Å². The molecule has 2 aromatic carbocycles. The highest BCUT2D eigenvalue weighted by Gasteiger charge is 2.16. The van der Waals surface area contributed by atoms with Gasteiger partial charge >= 0.3 is 6.09 Å². The molecule has 0 aliphatic rings. The number of fused-ring (bicyclic) bond motifs is 2. The van der Waals surface area contributed by atoms with E-state index in [1.807, 2.05) is 6.07 Å². The van der Waals surface area contributed by atoms with E-state index in [-0.39, 0.29) is 0 Å². The molecular formula is C32H42N4O2. The summed E-state index contributed by atoms with van der Waals surface area (Å²) in [6.45, 7) is 21.7. The average Bonchev–Trinajstić information content (AvgIpc) is 2.83. The van der Waals surface area contributed by atoms with Gasteiger partial charge in [-0.25, -0.2) is 14.8 Å². The molecule has 6 heteroatoms. The molecule has 0 fully saturated rings. The van der Waals surface area contributed by atoms with Crippen LogP contribution in [0.15, 0.2) is 30.6 Å². The van der Waals surface area contributed by atoms with Crippen molar-refractivity contribution in [2.75, 3.05) is 17.7 Å². The fourth-order valence-corrected chi connectivity index (χ4v) is 5.80. The number of nitrogens with zero attached hydrogens (tertiary/aromatic N) is 2. The van der Waals surface area contributed by atoms with E-state index in [0.29, 0.717) is 30.1 Å². The number of hydrogen-bond donors (Lipinski definition) is 2. The Balaban J connectivity index is 0.000000215. The number of carbonyl (C=O) groups is 1. The normalized spacial score (nSPS) is 11.2. The number of amides is 1. The Kier molecular flexibility index (Phi) is 8.97. The maximum Gasteiger partial charge on any atom is 0.412 e. The van der Waals surface area contributed by atoms with E-state index < -0.39 is 6.09 Å². The molecule has 6 nitrogen and oxygen atoms in total. The summed E-state index contributed by atoms with van der Waals surface area (Å²) in [7, 11) is 0. The van der Waals surface area contributed by atoms with Crippen LogP contribution in [0.2, 0.25) is 0 Å². The van der Waals surface area contributed by atoms with E-state index in [1.54, 1.807) is 19.3 Å². The minimum Gasteiger partial charge on any atom is -0.450 e. The molecule has 202 valence electrons. The Morgan fingerprint density at radius 2 is 1.42 bits per heavy atom. The van der Waals surface area contributed by atoms with Crippen LogP contribution in [0.25, 0.3) is 21.5 Å². The number of aryl methyl sites for hydroxylation is 4. The second kappa shape index (κ2) is 11.8. The molecule has 4 aromatic rings. The predicted octanol–water partition coefficient (Wildman–Crippen LogP) is 8.41. The van der Waals surface area contributed by atoms with Crippen LogP contribution in [0, 0.1) is 34.6 Å². The second-order valence-corrected chi connectivity index (χ2v) is 10.5. The first-order chi connectivity index (χ1) is 17.9. The number of nitrogens with one attached hydrogen (secondary N) is 1. The molecule has 0 saturated heterocycles. The van der Waals surface area contributed by atoms with Crippen molar-refractivity contribution in [1.29, 1.82) is 0 Å². The lowest BCUT2D eigenvalue weighted by Gasteiger charge is -2.19. The summed E-state index contributed by atoms with van der Waals surface area (Å²) in [5.41, 5.74) is 15.2. The zero-order valence-corrected chi connectivity index (χ0v) is 24.5. The zero-order chi connectivity index (χ0) is 28.3. The summed E-state index contributed by atoms with van der Waals surface area (Å²) in [5, 5.41) is 7.14. The topological polar surface area (TPSA) is 90.1 Å². The van der Waals surface area contributed by atoms with Crippen molar-refractivity contribution in [1.82, 2.24) is 9.97 Å². The molecule has 38 heavy (non-hydrogen) atoms. The Bertz CT molecular complexity index is 1490. The SMILES string of the molecule is CCOC(=O)Nc1nccc2c(C)c(C(C)C)c(C)cc12.Cc1c(C(C)C)c(C)c2ccnc(N)c2c1C. The number of anilines is 2. The first-order valence-electron chi connectivity index (χ1n) is 13.4. The maximum absolute atomic E-state index is 11.6. The molecule has 0 bridgehead atoms. The molecule has 2 aromatic heterocycles. The molecule has 0 aliphatic carbocycles. The molecule has 1 amide bonds. The monoisotopic (exact) mass is 514 g/mol. The molecule has 4 rings (SSSR count). The van der Waals surface area contributed by atoms with Crippen LogP contribution in [-0.4, -0.2) is 22.7 Å². The quantitative estimate of drug-likeness (QED) is 0.285. The number of pyridine rings is 2. The lowest BCUT2D eigenvalue weighted by atomic mass is 9.86. The number of nitrogens with two attached hydrogens (primary N) is 1. The highest BCUT2D eigenvalue weighted by atomic mass is 16.5. The van der Waals surface area contributed by atoms with Gasteiger partial charge in [-0.3, -0.25) is 5.32 Å². The lowest BCUT2D eigenvalue weighted by Crippen LogP contribution is -2.14. The first kappa shape index (κ1) is 28.9. The Hall–Kier alpha value is -3.67. The van der Waals surface area contributed by atoms with Crippen molar-refractivity contribution < 1.29 is 9.53 Å². The van der Waals surface area contributed by atoms with Crippen molar-refractivity contribution in [2.45, 2.75) is 81.1 Å². The molecule has 0 aliphatic heterocycles. The van der Waals surface area contributed by atoms with Crippen molar-refractivity contribution in [2.24, 2.45) is 0 Å². The van der Waals surface area contributed by atoms with Crippen LogP contribution >= 0.6 is 0 Å². The van der Waals surface area contributed by atoms with Gasteiger partial charge in [0.15, 0.2) is 0 Å². The molecule has 0 saturated carbocycles. The molecule has 0 spiro atoms. The van der Waals surface area contributed by atoms with Gasteiger partial charge in [0.05, 0.1) is 6.61 Å². The summed E-state index contributed by atoms with van der Waals surface area (Å²) in [6.07, 6.45) is 3.04. The maximum atomic E-state index is 11.6. The number of hydrogen-bond acceptors (Lipinski definition) is 5. The predicted molar refractivity (Wildman–Crippen MR) is 160 cm³/mol. The third-order valence-corrected chi connectivity index (χ3v) is 7.36. The van der Waals surface area contributed by atoms with Gasteiger partial charge in [0.1, 0.15) is 11.6 Å². The van der Waals surface area contributed by atoms with Crippen molar-refractivity contribution in [3.05, 3.63) is 69.5 Å². The van der Waals surface area contributed by atoms with Gasteiger partial charge in [0.25, 0.3) is 0 Å². The van der Waals surface area contributed by atoms with Gasteiger partial charge in [0.2, 0.25) is 0 Å². The van der Waals surface area contributed by atoms with Gasteiger partial charge in [-0.05, 0) is 121 Å². The van der Waals surface area contributed by atoms with Gasteiger partial charge < -0.3 is 10.5 Å². The first-order valence-corrected chi connectivity index (χ1v) is 13.4. The van der Waals surface area contributed by atoms with Gasteiger partial charge in [-0.15, -0.1) is 0 Å². The molecule has 0 unspecified atom stereocenters. The van der Waals surface area contributed by atoms with Crippen LogP contribution in [0.3, 0.4) is 0 Å². The van der Waals surface area contributed by atoms with E-state index >= 15 is 0 Å². The number of rotatable bonds is 4. The van der Waals surface area contributed by atoms with E-state index in [2.05, 4.69) is 89.7 Å². The smallest absolute Gasteiger partial charge is 0.412 e. The number of benzene rings is 2. The molecule has 0 atom stereocenters. The summed E-state index contributed by atoms with van der Waals surface area (Å²) >= 11 is 0. The zero-order valence-electron chi connectivity index (χ0n) is 24.5. The van der Waals surface area contributed by atoms with E-state index in [1.165, 1.54) is 44.3 Å². The van der Waals surface area contributed by atoms with Gasteiger partial charge in [-0.1, -0.05) is 27.7 Å². The minimum atomic E-state index is -0.472. The van der Waals surface area contributed by atoms with E-state index in [4.69, 9.17) is 10.5 Å². The number of nitrogen functional groups attached to an aromatic ring is 1. The van der Waals surface area contributed by atoms with Crippen LogP contribution < -0.4 is 11.1 Å². The number of ether oxygens (including phenoxy) is 1. The number of aromatic nitrogens is 2. The van der Waals surface area contributed by atoms with Crippen molar-refractivity contribution >= 4 is 39.3 Å². The molecule has 2 heterocycles. The lowest BCUT2D eigenvalue weighted by molar-refractivity contribution is 0.168. The van der Waals surface area contributed by atoms with Crippen LogP contribution in [-0.2, 0) is 4.74 Å². The fraction of sp³-hybridized carbons (Fsp3) is 0.406. The summed E-state index contributed by atoms with van der Waals surface area (Å²) < 4.78 is 4.93. The third kappa shape index (κ3) is 5.59. The van der Waals surface area contributed by atoms with Crippen molar-refractivity contribution in [3.63, 3.8) is 0 Å². The fourth-order valence-electron chi connectivity index (χ4n) is 5.80. The van der Waals surface area contributed by atoms with E-state index in [0.717, 1.165) is 16.2 Å². The Morgan fingerprint density at radius 3 is 2.03 bits per heavy atom. The minimum absolute atomic E-state index is 0.339. The molecule has 3 N–H and O–H groups in total. The standard InChI is InChI=1S/C17H22N2O2.C15H20N2/c1-6-21-17(20)19-16-14-9-11(4)15(10(2)3)12(5)13(14)7-8-18-16;1-8(2)13-9(3)10(4)14-12(11(13)5)6-7-17-15(14)16/h7-10H,6H2,1-5H3,(H,18,19,20);6-8H,1-5H3,(H2,16,17). The van der Waals surface area contributed by atoms with E-state index in [9.17, 15) is 4.79 Å². The highest BCUT2D eigenvalue weighted by Crippen LogP contribution is 2.35.